The number of aromatic nitrogens is 1. The Morgan fingerprint density at radius 2 is 2.11 bits per heavy atom. The van der Waals surface area contributed by atoms with Crippen molar-refractivity contribution in [1.29, 1.82) is 0 Å². The Kier molecular flexibility index (Phi) is 4.58. The van der Waals surface area contributed by atoms with E-state index >= 15 is 0 Å². The predicted octanol–water partition coefficient (Wildman–Crippen LogP) is 3.02. The molecule has 2 aromatic rings. The van der Waals surface area contributed by atoms with Crippen LogP contribution in [0.4, 0.5) is 5.69 Å². The number of thiocarbonyl (C=S) groups is 1. The van der Waals surface area contributed by atoms with Crippen molar-refractivity contribution in [3.05, 3.63) is 61.1 Å². The van der Waals surface area contributed by atoms with Gasteiger partial charge in [0.05, 0.1) is 12.8 Å². The third-order valence-corrected chi connectivity index (χ3v) is 2.68. The molecule has 3 N–H and O–H groups in total. The Labute approximate surface area is 117 Å². The van der Waals surface area contributed by atoms with Crippen molar-refractivity contribution >= 4 is 23.0 Å². The second kappa shape index (κ2) is 6.61. The molecule has 0 aliphatic rings. The summed E-state index contributed by atoms with van der Waals surface area (Å²) in [6, 6.07) is 11.4. The summed E-state index contributed by atoms with van der Waals surface area (Å²) in [7, 11) is 0. The highest BCUT2D eigenvalue weighted by molar-refractivity contribution is 7.80. The number of hydrogen-bond donors (Lipinski definition) is 3. The zero-order valence-electron chi connectivity index (χ0n) is 10.3. The molecule has 0 atom stereocenters. The van der Waals surface area contributed by atoms with Gasteiger partial charge in [-0.1, -0.05) is 6.58 Å². The van der Waals surface area contributed by atoms with Gasteiger partial charge in [0.2, 0.25) is 0 Å². The van der Waals surface area contributed by atoms with Crippen molar-refractivity contribution in [2.75, 3.05) is 5.32 Å². The second-order valence-corrected chi connectivity index (χ2v) is 4.22. The normalized spacial score (nSPS) is 9.68. The van der Waals surface area contributed by atoms with Gasteiger partial charge in [0.25, 0.3) is 0 Å². The Morgan fingerprint density at radius 1 is 1.32 bits per heavy atom. The molecule has 0 saturated carbocycles. The second-order valence-electron chi connectivity index (χ2n) is 3.81. The standard InChI is InChI=1S/C14H15N3OS/c1-2-18-13-7-5-11(6-8-13)17-14(19)16-10-12-4-3-9-15-12/h2-9,15H,1,10H2,(H2,16,17,19). The van der Waals surface area contributed by atoms with Gasteiger partial charge in [-0.05, 0) is 48.6 Å². The van der Waals surface area contributed by atoms with E-state index in [9.17, 15) is 0 Å². The summed E-state index contributed by atoms with van der Waals surface area (Å²) < 4.78 is 5.15. The van der Waals surface area contributed by atoms with Crippen molar-refractivity contribution in [2.45, 2.75) is 6.54 Å². The molecular weight excluding hydrogens is 258 g/mol. The number of aromatic amines is 1. The number of anilines is 1. The molecular formula is C14H15N3OS. The van der Waals surface area contributed by atoms with Crippen LogP contribution >= 0.6 is 12.2 Å². The van der Waals surface area contributed by atoms with Crippen LogP contribution in [0.15, 0.2) is 55.4 Å². The molecule has 19 heavy (non-hydrogen) atoms. The minimum atomic E-state index is 0.576. The molecule has 0 radical (unpaired) electrons. The lowest BCUT2D eigenvalue weighted by Gasteiger charge is -2.10. The largest absolute Gasteiger partial charge is 0.466 e. The van der Waals surface area contributed by atoms with Gasteiger partial charge >= 0.3 is 0 Å². The van der Waals surface area contributed by atoms with E-state index in [4.69, 9.17) is 17.0 Å². The lowest BCUT2D eigenvalue weighted by Crippen LogP contribution is -2.27. The molecule has 5 heteroatoms. The molecule has 1 aromatic carbocycles. The van der Waals surface area contributed by atoms with Crippen molar-refractivity contribution < 1.29 is 4.74 Å². The Bertz CT molecular complexity index is 534. The summed E-state index contributed by atoms with van der Waals surface area (Å²) in [5, 5.41) is 6.79. The average molecular weight is 273 g/mol. The third kappa shape index (κ3) is 4.15. The van der Waals surface area contributed by atoms with Gasteiger partial charge in [-0.2, -0.15) is 0 Å². The molecule has 0 unspecified atom stereocenters. The summed E-state index contributed by atoms with van der Waals surface area (Å²) in [5.41, 5.74) is 1.99. The minimum absolute atomic E-state index is 0.576. The summed E-state index contributed by atoms with van der Waals surface area (Å²) in [4.78, 5) is 3.10. The highest BCUT2D eigenvalue weighted by atomic mass is 32.1. The van der Waals surface area contributed by atoms with E-state index in [1.165, 1.54) is 6.26 Å². The van der Waals surface area contributed by atoms with Crippen LogP contribution in [0.25, 0.3) is 0 Å². The monoisotopic (exact) mass is 273 g/mol. The fourth-order valence-corrected chi connectivity index (χ4v) is 1.73. The van der Waals surface area contributed by atoms with Gasteiger partial charge in [0, 0.05) is 17.6 Å². The summed E-state index contributed by atoms with van der Waals surface area (Å²) in [5.74, 6) is 0.741. The molecule has 2 rings (SSSR count). The number of benzene rings is 1. The summed E-state index contributed by atoms with van der Waals surface area (Å²) in [6.45, 7) is 4.17. The predicted molar refractivity (Wildman–Crippen MR) is 81.1 cm³/mol. The first-order valence-electron chi connectivity index (χ1n) is 5.82. The molecule has 0 aliphatic heterocycles. The fourth-order valence-electron chi connectivity index (χ4n) is 1.54. The Balaban J connectivity index is 1.82. The van der Waals surface area contributed by atoms with E-state index in [1.54, 1.807) is 0 Å². The summed E-state index contributed by atoms with van der Waals surface area (Å²) in [6.07, 6.45) is 3.27. The van der Waals surface area contributed by atoms with Crippen LogP contribution in [0.3, 0.4) is 0 Å². The lowest BCUT2D eigenvalue weighted by atomic mass is 10.3. The zero-order valence-corrected chi connectivity index (χ0v) is 11.2. The van der Waals surface area contributed by atoms with Crippen molar-refractivity contribution in [1.82, 2.24) is 10.3 Å². The number of hydrogen-bond acceptors (Lipinski definition) is 2. The first-order chi connectivity index (χ1) is 9.28. The van der Waals surface area contributed by atoms with E-state index < -0.39 is 0 Å². The van der Waals surface area contributed by atoms with Crippen LogP contribution in [0, 0.1) is 0 Å². The maximum Gasteiger partial charge on any atom is 0.171 e. The van der Waals surface area contributed by atoms with E-state index in [1.807, 2.05) is 42.6 Å². The van der Waals surface area contributed by atoms with Crippen molar-refractivity contribution in [2.24, 2.45) is 0 Å². The van der Waals surface area contributed by atoms with Crippen LogP contribution in [0.1, 0.15) is 5.69 Å². The molecule has 1 aromatic heterocycles. The van der Waals surface area contributed by atoms with E-state index in [2.05, 4.69) is 22.2 Å². The van der Waals surface area contributed by atoms with Crippen LogP contribution < -0.4 is 15.4 Å². The fraction of sp³-hybridized carbons (Fsp3) is 0.0714. The topological polar surface area (TPSA) is 49.1 Å². The first-order valence-corrected chi connectivity index (χ1v) is 6.23. The van der Waals surface area contributed by atoms with Gasteiger partial charge in [-0.3, -0.25) is 0 Å². The maximum atomic E-state index is 5.21. The number of H-pyrrole nitrogens is 1. The van der Waals surface area contributed by atoms with Crippen LogP contribution in [-0.2, 0) is 6.54 Å². The van der Waals surface area contributed by atoms with Gasteiger partial charge in [0.15, 0.2) is 5.11 Å². The highest BCUT2D eigenvalue weighted by Crippen LogP contribution is 2.15. The van der Waals surface area contributed by atoms with Crippen LogP contribution in [0.5, 0.6) is 5.75 Å². The summed E-state index contributed by atoms with van der Waals surface area (Å²) >= 11 is 5.21. The molecule has 0 amide bonds. The molecule has 0 saturated heterocycles. The SMILES string of the molecule is C=COc1ccc(NC(=S)NCc2ccc[nH]2)cc1. The first kappa shape index (κ1) is 13.2. The molecule has 0 aliphatic carbocycles. The molecule has 0 fully saturated rings. The van der Waals surface area contributed by atoms with Crippen LogP contribution in [-0.4, -0.2) is 10.1 Å². The third-order valence-electron chi connectivity index (χ3n) is 2.43. The smallest absolute Gasteiger partial charge is 0.171 e. The van der Waals surface area contributed by atoms with Gasteiger partial charge in [-0.25, -0.2) is 0 Å². The van der Waals surface area contributed by atoms with Crippen molar-refractivity contribution in [3.63, 3.8) is 0 Å². The molecule has 4 nitrogen and oxygen atoms in total. The van der Waals surface area contributed by atoms with E-state index in [-0.39, 0.29) is 0 Å². The lowest BCUT2D eigenvalue weighted by molar-refractivity contribution is 0.483. The van der Waals surface area contributed by atoms with E-state index in [0.717, 1.165) is 17.1 Å². The average Bonchev–Trinajstić information content (AvgIpc) is 2.92. The van der Waals surface area contributed by atoms with Crippen molar-refractivity contribution in [3.8, 4) is 5.75 Å². The highest BCUT2D eigenvalue weighted by Gasteiger charge is 1.99. The zero-order chi connectivity index (χ0) is 13.5. The van der Waals surface area contributed by atoms with Gasteiger partial charge in [-0.15, -0.1) is 0 Å². The number of ether oxygens (including phenoxy) is 1. The molecule has 0 spiro atoms. The van der Waals surface area contributed by atoms with E-state index in [0.29, 0.717) is 11.7 Å². The molecule has 98 valence electrons. The quantitative estimate of drug-likeness (QED) is 0.579. The van der Waals surface area contributed by atoms with Gasteiger partial charge in [0.1, 0.15) is 5.75 Å². The Morgan fingerprint density at radius 3 is 2.74 bits per heavy atom. The minimum Gasteiger partial charge on any atom is -0.466 e. The Hall–Kier alpha value is -2.27. The molecule has 0 bridgehead atoms. The molecule has 1 heterocycles. The number of nitrogens with one attached hydrogen (secondary N) is 3. The maximum absolute atomic E-state index is 5.21. The van der Waals surface area contributed by atoms with Gasteiger partial charge < -0.3 is 20.4 Å². The number of rotatable bonds is 5. The van der Waals surface area contributed by atoms with Crippen LogP contribution in [0.2, 0.25) is 0 Å².